The Labute approximate surface area is 154 Å². The van der Waals surface area contributed by atoms with Crippen LogP contribution in [0.3, 0.4) is 0 Å². The number of fused-ring (bicyclic) bond motifs is 1. The maximum absolute atomic E-state index is 13.4. The van der Waals surface area contributed by atoms with Crippen LogP contribution >= 0.6 is 11.3 Å². The number of carbonyl (C=O) groups excluding carboxylic acids is 1. The largest absolute Gasteiger partial charge is 0.301 e. The number of aromatic nitrogens is 1. The summed E-state index contributed by atoms with van der Waals surface area (Å²) in [6.45, 7) is 0. The fourth-order valence-corrected chi connectivity index (χ4v) is 3.81. The zero-order valence-corrected chi connectivity index (χ0v) is 14.5. The summed E-state index contributed by atoms with van der Waals surface area (Å²) >= 11 is 1.26. The second-order valence-corrected chi connectivity index (χ2v) is 6.91. The molecule has 0 spiro atoms. The first kappa shape index (κ1) is 16.4. The minimum absolute atomic E-state index is 0.165. The Hall–Kier alpha value is -3.05. The third kappa shape index (κ3) is 3.34. The number of anilines is 1. The van der Waals surface area contributed by atoms with Gasteiger partial charge < -0.3 is 5.32 Å². The number of nitrogens with one attached hydrogen (secondary N) is 1. The van der Waals surface area contributed by atoms with Gasteiger partial charge in [-0.05, 0) is 29.3 Å². The molecule has 0 bridgehead atoms. The van der Waals surface area contributed by atoms with Gasteiger partial charge >= 0.3 is 0 Å². The minimum Gasteiger partial charge on any atom is -0.301 e. The van der Waals surface area contributed by atoms with E-state index in [2.05, 4.69) is 10.3 Å². The summed E-state index contributed by atoms with van der Waals surface area (Å²) in [5.41, 5.74) is 2.48. The fraction of sp³-hybridized carbons (Fsp3) is 0.0476. The van der Waals surface area contributed by atoms with Crippen molar-refractivity contribution in [2.75, 3.05) is 5.32 Å². The second kappa shape index (κ2) is 7.06. The molecular weight excluding hydrogens is 347 g/mol. The number of rotatable bonds is 4. The lowest BCUT2D eigenvalue weighted by molar-refractivity contribution is -0.116. The van der Waals surface area contributed by atoms with Gasteiger partial charge in [0, 0.05) is 0 Å². The van der Waals surface area contributed by atoms with Crippen LogP contribution in [0.15, 0.2) is 78.9 Å². The SMILES string of the molecule is O=C(Nc1nc2ccc(F)cc2s1)C(c1ccccc1)c1ccccc1. The van der Waals surface area contributed by atoms with Crippen LogP contribution in [0.1, 0.15) is 17.0 Å². The standard InChI is InChI=1S/C21H15FN2OS/c22-16-11-12-17-18(13-16)26-21(23-17)24-20(25)19(14-7-3-1-4-8-14)15-9-5-2-6-10-15/h1-13,19H,(H,23,24,25). The van der Waals surface area contributed by atoms with Crippen molar-refractivity contribution >= 4 is 32.6 Å². The molecule has 1 aromatic heterocycles. The number of hydrogen-bond acceptors (Lipinski definition) is 3. The van der Waals surface area contributed by atoms with E-state index >= 15 is 0 Å². The lowest BCUT2D eigenvalue weighted by Crippen LogP contribution is -2.22. The van der Waals surface area contributed by atoms with E-state index < -0.39 is 5.92 Å². The Kier molecular flexibility index (Phi) is 4.46. The molecule has 0 saturated carbocycles. The number of amides is 1. The lowest BCUT2D eigenvalue weighted by Gasteiger charge is -2.16. The van der Waals surface area contributed by atoms with Gasteiger partial charge in [-0.3, -0.25) is 4.79 Å². The molecule has 5 heteroatoms. The van der Waals surface area contributed by atoms with E-state index in [-0.39, 0.29) is 11.7 Å². The monoisotopic (exact) mass is 362 g/mol. The molecule has 1 amide bonds. The van der Waals surface area contributed by atoms with E-state index in [1.54, 1.807) is 6.07 Å². The first-order chi connectivity index (χ1) is 12.7. The van der Waals surface area contributed by atoms with Crippen molar-refractivity contribution in [3.05, 3.63) is 95.8 Å². The third-order valence-electron chi connectivity index (χ3n) is 4.11. The highest BCUT2D eigenvalue weighted by molar-refractivity contribution is 7.22. The molecule has 4 aromatic rings. The first-order valence-electron chi connectivity index (χ1n) is 8.17. The van der Waals surface area contributed by atoms with Gasteiger partial charge in [-0.15, -0.1) is 0 Å². The van der Waals surface area contributed by atoms with Crippen LogP contribution in [0.2, 0.25) is 0 Å². The van der Waals surface area contributed by atoms with E-state index in [1.807, 2.05) is 60.7 Å². The van der Waals surface area contributed by atoms with E-state index in [4.69, 9.17) is 0 Å². The van der Waals surface area contributed by atoms with Crippen molar-refractivity contribution in [3.8, 4) is 0 Å². The Morgan fingerprint density at radius 2 is 1.54 bits per heavy atom. The molecule has 0 unspecified atom stereocenters. The predicted octanol–water partition coefficient (Wildman–Crippen LogP) is 5.21. The van der Waals surface area contributed by atoms with Crippen molar-refractivity contribution in [2.45, 2.75) is 5.92 Å². The summed E-state index contributed by atoms with van der Waals surface area (Å²) < 4.78 is 14.1. The molecule has 0 radical (unpaired) electrons. The average molecular weight is 362 g/mol. The number of halogens is 1. The van der Waals surface area contributed by atoms with Crippen molar-refractivity contribution < 1.29 is 9.18 Å². The molecule has 0 aliphatic heterocycles. The van der Waals surface area contributed by atoms with Gasteiger partial charge in [0.1, 0.15) is 5.82 Å². The third-order valence-corrected chi connectivity index (χ3v) is 5.04. The Morgan fingerprint density at radius 3 is 2.15 bits per heavy atom. The molecule has 0 aliphatic carbocycles. The van der Waals surface area contributed by atoms with Crippen LogP contribution < -0.4 is 5.32 Å². The number of carbonyl (C=O) groups is 1. The average Bonchev–Trinajstić information content (AvgIpc) is 3.05. The molecule has 0 fully saturated rings. The predicted molar refractivity (Wildman–Crippen MR) is 103 cm³/mol. The van der Waals surface area contributed by atoms with Gasteiger partial charge in [-0.2, -0.15) is 0 Å². The fourth-order valence-electron chi connectivity index (χ4n) is 2.92. The van der Waals surface area contributed by atoms with Gasteiger partial charge in [-0.25, -0.2) is 9.37 Å². The van der Waals surface area contributed by atoms with Crippen LogP contribution in [-0.4, -0.2) is 10.9 Å². The van der Waals surface area contributed by atoms with Crippen molar-refractivity contribution in [1.82, 2.24) is 4.98 Å². The van der Waals surface area contributed by atoms with Gasteiger partial charge in [0.2, 0.25) is 5.91 Å². The van der Waals surface area contributed by atoms with E-state index in [1.165, 1.54) is 23.5 Å². The van der Waals surface area contributed by atoms with E-state index in [9.17, 15) is 9.18 Å². The molecule has 1 heterocycles. The summed E-state index contributed by atoms with van der Waals surface area (Å²) in [4.78, 5) is 17.4. The molecule has 0 saturated heterocycles. The summed E-state index contributed by atoms with van der Waals surface area (Å²) in [6, 6.07) is 23.7. The van der Waals surface area contributed by atoms with Crippen molar-refractivity contribution in [1.29, 1.82) is 0 Å². The quantitative estimate of drug-likeness (QED) is 0.542. The van der Waals surface area contributed by atoms with Crippen LogP contribution in [0, 0.1) is 5.82 Å². The Morgan fingerprint density at radius 1 is 0.923 bits per heavy atom. The smallest absolute Gasteiger partial charge is 0.238 e. The number of benzene rings is 3. The molecule has 3 nitrogen and oxygen atoms in total. The van der Waals surface area contributed by atoms with Gasteiger partial charge in [-0.1, -0.05) is 72.0 Å². The number of hydrogen-bond donors (Lipinski definition) is 1. The van der Waals surface area contributed by atoms with Gasteiger partial charge in [0.25, 0.3) is 0 Å². The van der Waals surface area contributed by atoms with E-state index in [0.717, 1.165) is 11.1 Å². The molecule has 1 N–H and O–H groups in total. The highest BCUT2D eigenvalue weighted by Gasteiger charge is 2.23. The second-order valence-electron chi connectivity index (χ2n) is 5.87. The molecule has 3 aromatic carbocycles. The zero-order chi connectivity index (χ0) is 17.9. The first-order valence-corrected chi connectivity index (χ1v) is 8.99. The van der Waals surface area contributed by atoms with Gasteiger partial charge in [0.15, 0.2) is 5.13 Å². The normalized spacial score (nSPS) is 11.0. The van der Waals surface area contributed by atoms with Crippen LogP contribution in [0.5, 0.6) is 0 Å². The van der Waals surface area contributed by atoms with Gasteiger partial charge in [0.05, 0.1) is 16.1 Å². The molecular formula is C21H15FN2OS. The molecule has 4 rings (SSSR count). The molecule has 0 aliphatic rings. The summed E-state index contributed by atoms with van der Waals surface area (Å²) in [7, 11) is 0. The summed E-state index contributed by atoms with van der Waals surface area (Å²) in [5, 5.41) is 3.36. The maximum Gasteiger partial charge on any atom is 0.238 e. The van der Waals surface area contributed by atoms with Crippen LogP contribution in [-0.2, 0) is 4.79 Å². The molecule has 0 atom stereocenters. The van der Waals surface area contributed by atoms with Crippen LogP contribution in [0.4, 0.5) is 9.52 Å². The number of nitrogens with zero attached hydrogens (tertiary/aromatic N) is 1. The highest BCUT2D eigenvalue weighted by Crippen LogP contribution is 2.30. The maximum atomic E-state index is 13.4. The summed E-state index contributed by atoms with van der Waals surface area (Å²) in [6.07, 6.45) is 0. The topological polar surface area (TPSA) is 42.0 Å². The molecule has 26 heavy (non-hydrogen) atoms. The Bertz CT molecular complexity index is 1010. The minimum atomic E-state index is -0.443. The zero-order valence-electron chi connectivity index (χ0n) is 13.7. The molecule has 128 valence electrons. The van der Waals surface area contributed by atoms with Crippen LogP contribution in [0.25, 0.3) is 10.2 Å². The highest BCUT2D eigenvalue weighted by atomic mass is 32.1. The van der Waals surface area contributed by atoms with Crippen molar-refractivity contribution in [3.63, 3.8) is 0 Å². The summed E-state index contributed by atoms with van der Waals surface area (Å²) in [5.74, 6) is -0.923. The van der Waals surface area contributed by atoms with E-state index in [0.29, 0.717) is 15.3 Å². The lowest BCUT2D eigenvalue weighted by atomic mass is 9.90. The number of thiazole rings is 1. The van der Waals surface area contributed by atoms with Crippen molar-refractivity contribution in [2.24, 2.45) is 0 Å². The Balaban J connectivity index is 1.68.